The number of hydrogen-bond donors (Lipinski definition) is 2. The minimum atomic E-state index is 0.147. The van der Waals surface area contributed by atoms with Crippen molar-refractivity contribution in [1.29, 1.82) is 0 Å². The Bertz CT molecular complexity index is 386. The number of ether oxygens (including phenoxy) is 1. The molecule has 18 heavy (non-hydrogen) atoms. The highest BCUT2D eigenvalue weighted by molar-refractivity contribution is 5.47. The number of rotatable bonds is 6. The van der Waals surface area contributed by atoms with Crippen LogP contribution in [0.1, 0.15) is 49.4 Å². The number of aryl methyl sites for hydroxylation is 1. The third-order valence-corrected chi connectivity index (χ3v) is 3.95. The van der Waals surface area contributed by atoms with Crippen molar-refractivity contribution in [2.75, 3.05) is 7.11 Å². The fourth-order valence-electron chi connectivity index (χ4n) is 2.57. The summed E-state index contributed by atoms with van der Waals surface area (Å²) < 4.78 is 5.58. The minimum absolute atomic E-state index is 0.147. The molecule has 0 spiro atoms. The lowest BCUT2D eigenvalue weighted by molar-refractivity contribution is 0.328. The lowest BCUT2D eigenvalue weighted by Crippen LogP contribution is -2.33. The summed E-state index contributed by atoms with van der Waals surface area (Å²) in [4.78, 5) is 0. The molecule has 3 heteroatoms. The number of nitrogens with one attached hydrogen (secondary N) is 1. The second-order valence-corrected chi connectivity index (χ2v) is 4.85. The predicted octanol–water partition coefficient (Wildman–Crippen LogP) is 3.25. The first-order valence-electron chi connectivity index (χ1n) is 6.70. The van der Waals surface area contributed by atoms with Crippen LogP contribution < -0.4 is 16.0 Å². The smallest absolute Gasteiger partial charge is 0.126 e. The van der Waals surface area contributed by atoms with Gasteiger partial charge in [0.1, 0.15) is 5.75 Å². The largest absolute Gasteiger partial charge is 0.496 e. The van der Waals surface area contributed by atoms with Gasteiger partial charge in [-0.15, -0.1) is 0 Å². The van der Waals surface area contributed by atoms with E-state index in [-0.39, 0.29) is 6.04 Å². The molecule has 3 nitrogen and oxygen atoms in total. The number of hydrogen-bond acceptors (Lipinski definition) is 3. The molecule has 1 atom stereocenters. The van der Waals surface area contributed by atoms with Gasteiger partial charge in [-0.05, 0) is 30.9 Å². The number of methoxy groups -OCH3 is 1. The highest BCUT2D eigenvalue weighted by atomic mass is 16.5. The number of benzene rings is 1. The Labute approximate surface area is 111 Å². The molecule has 0 aliphatic carbocycles. The molecule has 0 aliphatic heterocycles. The van der Waals surface area contributed by atoms with Crippen LogP contribution in [0.2, 0.25) is 0 Å². The molecule has 0 aliphatic rings. The molecule has 102 valence electrons. The average Bonchev–Trinajstić information content (AvgIpc) is 2.39. The van der Waals surface area contributed by atoms with E-state index in [9.17, 15) is 0 Å². The maximum atomic E-state index is 5.76. The monoisotopic (exact) mass is 250 g/mol. The molecule has 0 aromatic heterocycles. The van der Waals surface area contributed by atoms with Gasteiger partial charge in [-0.1, -0.05) is 38.8 Å². The summed E-state index contributed by atoms with van der Waals surface area (Å²) in [6.07, 6.45) is 2.20. The molecule has 0 fully saturated rings. The SMILES string of the molecule is CCC(CC)C(NN)c1ccc(C)c(C)c1OC. The Morgan fingerprint density at radius 3 is 2.28 bits per heavy atom. The van der Waals surface area contributed by atoms with Crippen LogP contribution in [0.25, 0.3) is 0 Å². The van der Waals surface area contributed by atoms with E-state index in [1.807, 2.05) is 0 Å². The molecule has 0 heterocycles. The van der Waals surface area contributed by atoms with E-state index in [0.29, 0.717) is 5.92 Å². The molecule has 1 aromatic rings. The van der Waals surface area contributed by atoms with Crippen molar-refractivity contribution in [3.63, 3.8) is 0 Å². The summed E-state index contributed by atoms with van der Waals surface area (Å²) in [6.45, 7) is 8.60. The summed E-state index contributed by atoms with van der Waals surface area (Å²) in [6, 6.07) is 4.42. The Hall–Kier alpha value is -1.06. The van der Waals surface area contributed by atoms with Crippen LogP contribution in [0.3, 0.4) is 0 Å². The summed E-state index contributed by atoms with van der Waals surface area (Å²) >= 11 is 0. The van der Waals surface area contributed by atoms with E-state index in [0.717, 1.165) is 24.2 Å². The van der Waals surface area contributed by atoms with Crippen LogP contribution in [0, 0.1) is 19.8 Å². The van der Waals surface area contributed by atoms with Crippen LogP contribution in [0.5, 0.6) is 5.75 Å². The van der Waals surface area contributed by atoms with Gasteiger partial charge in [0.25, 0.3) is 0 Å². The van der Waals surface area contributed by atoms with Crippen molar-refractivity contribution in [1.82, 2.24) is 5.43 Å². The van der Waals surface area contributed by atoms with Crippen molar-refractivity contribution in [3.05, 3.63) is 28.8 Å². The van der Waals surface area contributed by atoms with Crippen molar-refractivity contribution < 1.29 is 4.74 Å². The first-order chi connectivity index (χ1) is 8.60. The molecule has 0 saturated carbocycles. The summed E-state index contributed by atoms with van der Waals surface area (Å²) in [7, 11) is 1.73. The van der Waals surface area contributed by atoms with Crippen LogP contribution in [0.4, 0.5) is 0 Å². The maximum Gasteiger partial charge on any atom is 0.126 e. The standard InChI is InChI=1S/C15H26N2O/c1-6-12(7-2)14(17-16)13-9-8-10(3)11(4)15(13)18-5/h8-9,12,14,17H,6-7,16H2,1-5H3. The van der Waals surface area contributed by atoms with Gasteiger partial charge < -0.3 is 4.74 Å². The average molecular weight is 250 g/mol. The lowest BCUT2D eigenvalue weighted by atomic mass is 9.87. The Morgan fingerprint density at radius 2 is 1.83 bits per heavy atom. The van der Waals surface area contributed by atoms with Gasteiger partial charge in [-0.2, -0.15) is 0 Å². The van der Waals surface area contributed by atoms with Crippen molar-refractivity contribution in [2.45, 2.75) is 46.6 Å². The zero-order chi connectivity index (χ0) is 13.7. The van der Waals surface area contributed by atoms with E-state index in [2.05, 4.69) is 45.3 Å². The molecule has 0 bridgehead atoms. The normalized spacial score (nSPS) is 12.8. The topological polar surface area (TPSA) is 47.3 Å². The van der Waals surface area contributed by atoms with Crippen LogP contribution >= 0.6 is 0 Å². The second kappa shape index (κ2) is 6.76. The van der Waals surface area contributed by atoms with Gasteiger partial charge in [-0.3, -0.25) is 11.3 Å². The maximum absolute atomic E-state index is 5.76. The van der Waals surface area contributed by atoms with Gasteiger partial charge in [0.15, 0.2) is 0 Å². The molecule has 1 rings (SSSR count). The van der Waals surface area contributed by atoms with Crippen molar-refractivity contribution in [3.8, 4) is 5.75 Å². The predicted molar refractivity (Wildman–Crippen MR) is 76.6 cm³/mol. The highest BCUT2D eigenvalue weighted by Gasteiger charge is 2.23. The third-order valence-electron chi connectivity index (χ3n) is 3.95. The van der Waals surface area contributed by atoms with Gasteiger partial charge >= 0.3 is 0 Å². The molecule has 0 saturated heterocycles. The van der Waals surface area contributed by atoms with Crippen molar-refractivity contribution in [2.24, 2.45) is 11.8 Å². The number of nitrogens with two attached hydrogens (primary N) is 1. The molecular formula is C15H26N2O. The van der Waals surface area contributed by atoms with E-state index < -0.39 is 0 Å². The van der Waals surface area contributed by atoms with E-state index >= 15 is 0 Å². The van der Waals surface area contributed by atoms with Gasteiger partial charge in [0.2, 0.25) is 0 Å². The molecular weight excluding hydrogens is 224 g/mol. The number of hydrazine groups is 1. The molecule has 0 radical (unpaired) electrons. The summed E-state index contributed by atoms with van der Waals surface area (Å²) in [5.74, 6) is 7.25. The first kappa shape index (κ1) is 15.0. The second-order valence-electron chi connectivity index (χ2n) is 4.85. The van der Waals surface area contributed by atoms with Gasteiger partial charge in [-0.25, -0.2) is 0 Å². The fraction of sp³-hybridized carbons (Fsp3) is 0.600. The molecule has 3 N–H and O–H groups in total. The molecule has 1 aromatic carbocycles. The minimum Gasteiger partial charge on any atom is -0.496 e. The fourth-order valence-corrected chi connectivity index (χ4v) is 2.57. The zero-order valence-corrected chi connectivity index (χ0v) is 12.2. The van der Waals surface area contributed by atoms with E-state index in [4.69, 9.17) is 10.6 Å². The van der Waals surface area contributed by atoms with Gasteiger partial charge in [0.05, 0.1) is 13.2 Å². The zero-order valence-electron chi connectivity index (χ0n) is 12.2. The third kappa shape index (κ3) is 2.85. The van der Waals surface area contributed by atoms with Crippen molar-refractivity contribution >= 4 is 0 Å². The summed E-state index contributed by atoms with van der Waals surface area (Å²) in [5.41, 5.74) is 6.57. The highest BCUT2D eigenvalue weighted by Crippen LogP contribution is 2.35. The van der Waals surface area contributed by atoms with E-state index in [1.165, 1.54) is 11.1 Å². The first-order valence-corrected chi connectivity index (χ1v) is 6.70. The Morgan fingerprint density at radius 1 is 1.22 bits per heavy atom. The molecule has 0 amide bonds. The van der Waals surface area contributed by atoms with Crippen LogP contribution in [0.15, 0.2) is 12.1 Å². The summed E-state index contributed by atoms with van der Waals surface area (Å²) in [5, 5.41) is 0. The lowest BCUT2D eigenvalue weighted by Gasteiger charge is -2.27. The van der Waals surface area contributed by atoms with Gasteiger partial charge in [0, 0.05) is 5.56 Å². The Kier molecular flexibility index (Phi) is 5.63. The quantitative estimate of drug-likeness (QED) is 0.602. The molecule has 1 unspecified atom stereocenters. The Balaban J connectivity index is 3.25. The van der Waals surface area contributed by atoms with Crippen LogP contribution in [-0.4, -0.2) is 7.11 Å². The van der Waals surface area contributed by atoms with Crippen LogP contribution in [-0.2, 0) is 0 Å². The van der Waals surface area contributed by atoms with E-state index in [1.54, 1.807) is 7.11 Å².